The van der Waals surface area contributed by atoms with Gasteiger partial charge in [-0.1, -0.05) is 30.3 Å². The van der Waals surface area contributed by atoms with Gasteiger partial charge in [0.05, 0.1) is 13.2 Å². The van der Waals surface area contributed by atoms with E-state index in [1.807, 2.05) is 30.3 Å². The van der Waals surface area contributed by atoms with Gasteiger partial charge >= 0.3 is 5.97 Å². The lowest BCUT2D eigenvalue weighted by Crippen LogP contribution is -2.34. The Morgan fingerprint density at radius 2 is 2.00 bits per heavy atom. The van der Waals surface area contributed by atoms with Gasteiger partial charge in [0.1, 0.15) is 6.10 Å². The topological polar surface area (TPSA) is 65.0 Å². The third kappa shape index (κ3) is 3.76. The van der Waals surface area contributed by atoms with E-state index in [1.165, 1.54) is 0 Å². The van der Waals surface area contributed by atoms with Gasteiger partial charge < -0.3 is 19.3 Å². The van der Waals surface area contributed by atoms with Crippen molar-refractivity contribution in [3.63, 3.8) is 0 Å². The van der Waals surface area contributed by atoms with Crippen LogP contribution in [-0.4, -0.2) is 35.7 Å². The second kappa shape index (κ2) is 5.69. The van der Waals surface area contributed by atoms with Crippen LogP contribution in [0.25, 0.3) is 0 Å². The summed E-state index contributed by atoms with van der Waals surface area (Å²) in [5.74, 6) is -1.91. The number of aliphatic carboxylic acids is 1. The van der Waals surface area contributed by atoms with E-state index in [2.05, 4.69) is 0 Å². The molecule has 0 amide bonds. The Bertz CT molecular complexity index is 429. The van der Waals surface area contributed by atoms with Gasteiger partial charge in [-0.15, -0.1) is 0 Å². The first kappa shape index (κ1) is 14.0. The first-order chi connectivity index (χ1) is 8.98. The van der Waals surface area contributed by atoms with Crippen LogP contribution in [0.15, 0.2) is 30.3 Å². The van der Waals surface area contributed by atoms with Crippen LogP contribution >= 0.6 is 0 Å². The fourth-order valence-corrected chi connectivity index (χ4v) is 2.03. The maximum absolute atomic E-state index is 11.1. The van der Waals surface area contributed by atoms with E-state index in [9.17, 15) is 4.79 Å². The van der Waals surface area contributed by atoms with E-state index in [4.69, 9.17) is 19.3 Å². The fourth-order valence-electron chi connectivity index (χ4n) is 2.03. The summed E-state index contributed by atoms with van der Waals surface area (Å²) in [6.07, 6.45) is -1.57. The van der Waals surface area contributed by atoms with E-state index >= 15 is 0 Å². The summed E-state index contributed by atoms with van der Waals surface area (Å²) in [7, 11) is 0. The van der Waals surface area contributed by atoms with Gasteiger partial charge in [0, 0.05) is 0 Å². The predicted molar refractivity (Wildman–Crippen MR) is 67.6 cm³/mol. The quantitative estimate of drug-likeness (QED) is 0.880. The molecule has 0 aliphatic carbocycles. The largest absolute Gasteiger partial charge is 0.479 e. The number of carbonyl (C=O) groups is 1. The minimum Gasteiger partial charge on any atom is -0.479 e. The zero-order chi connectivity index (χ0) is 13.9. The highest BCUT2D eigenvalue weighted by atomic mass is 16.8. The van der Waals surface area contributed by atoms with Gasteiger partial charge in [-0.25, -0.2) is 4.79 Å². The van der Waals surface area contributed by atoms with Crippen molar-refractivity contribution in [3.8, 4) is 0 Å². The number of ether oxygens (including phenoxy) is 3. The van der Waals surface area contributed by atoms with E-state index in [0.29, 0.717) is 6.61 Å². The summed E-state index contributed by atoms with van der Waals surface area (Å²) in [4.78, 5) is 11.1. The molecule has 0 unspecified atom stereocenters. The molecule has 0 radical (unpaired) electrons. The third-order valence-electron chi connectivity index (χ3n) is 2.82. The monoisotopic (exact) mass is 266 g/mol. The number of carboxylic acids is 1. The first-order valence-electron chi connectivity index (χ1n) is 6.18. The molecular formula is C14H18O5. The molecule has 5 nitrogen and oxygen atoms in total. The smallest absolute Gasteiger partial charge is 0.335 e. The molecule has 0 spiro atoms. The van der Waals surface area contributed by atoms with Crippen molar-refractivity contribution >= 4 is 5.97 Å². The van der Waals surface area contributed by atoms with Crippen LogP contribution in [0, 0.1) is 0 Å². The number of carboxylic acid groups (broad SMARTS) is 1. The molecule has 1 aromatic rings. The van der Waals surface area contributed by atoms with Crippen LogP contribution < -0.4 is 0 Å². The Morgan fingerprint density at radius 3 is 2.63 bits per heavy atom. The average molecular weight is 266 g/mol. The molecule has 0 bridgehead atoms. The van der Waals surface area contributed by atoms with Crippen molar-refractivity contribution in [3.05, 3.63) is 35.9 Å². The van der Waals surface area contributed by atoms with Gasteiger partial charge in [0.15, 0.2) is 11.9 Å². The van der Waals surface area contributed by atoms with Crippen molar-refractivity contribution in [1.82, 2.24) is 0 Å². The number of hydrogen-bond donors (Lipinski definition) is 1. The highest BCUT2D eigenvalue weighted by molar-refractivity contribution is 5.73. The molecule has 2 atom stereocenters. The zero-order valence-electron chi connectivity index (χ0n) is 11.0. The maximum Gasteiger partial charge on any atom is 0.335 e. The molecule has 1 heterocycles. The zero-order valence-corrected chi connectivity index (χ0v) is 11.0. The molecule has 19 heavy (non-hydrogen) atoms. The molecular weight excluding hydrogens is 248 g/mol. The minimum atomic E-state index is -1.03. The molecule has 1 aliphatic rings. The van der Waals surface area contributed by atoms with Crippen LogP contribution in [0.2, 0.25) is 0 Å². The van der Waals surface area contributed by atoms with Crippen molar-refractivity contribution in [2.75, 3.05) is 6.61 Å². The van der Waals surface area contributed by atoms with E-state index in [1.54, 1.807) is 13.8 Å². The van der Waals surface area contributed by atoms with Crippen LogP contribution in [0.1, 0.15) is 19.4 Å². The van der Waals surface area contributed by atoms with Gasteiger partial charge in [-0.3, -0.25) is 0 Å². The summed E-state index contributed by atoms with van der Waals surface area (Å²) in [5.41, 5.74) is 1.03. The van der Waals surface area contributed by atoms with Gasteiger partial charge in [-0.2, -0.15) is 0 Å². The fraction of sp³-hybridized carbons (Fsp3) is 0.500. The van der Waals surface area contributed by atoms with E-state index in [-0.39, 0.29) is 6.61 Å². The summed E-state index contributed by atoms with van der Waals surface area (Å²) in [6.45, 7) is 4.00. The Balaban J connectivity index is 1.86. The molecule has 1 saturated heterocycles. The summed E-state index contributed by atoms with van der Waals surface area (Å²) in [5, 5.41) is 9.07. The molecule has 1 aromatic carbocycles. The highest BCUT2D eigenvalue weighted by Gasteiger charge is 2.45. The van der Waals surface area contributed by atoms with Crippen molar-refractivity contribution < 1.29 is 24.1 Å². The molecule has 1 N–H and O–H groups in total. The van der Waals surface area contributed by atoms with E-state index < -0.39 is 24.0 Å². The van der Waals surface area contributed by atoms with Gasteiger partial charge in [0.2, 0.25) is 0 Å². The van der Waals surface area contributed by atoms with Gasteiger partial charge in [-0.05, 0) is 19.4 Å². The number of hydrogen-bond acceptors (Lipinski definition) is 4. The standard InChI is InChI=1S/C14H18O5/c1-14(2)18-11(12(19-14)13(15)16)9-17-8-10-6-4-3-5-7-10/h3-7,11-12H,8-9H2,1-2H3,(H,15,16)/t11-,12-/m1/s1. The van der Waals surface area contributed by atoms with E-state index in [0.717, 1.165) is 5.56 Å². The Labute approximate surface area is 112 Å². The average Bonchev–Trinajstić information content (AvgIpc) is 2.66. The molecule has 104 valence electrons. The van der Waals surface area contributed by atoms with Crippen molar-refractivity contribution in [2.45, 2.75) is 38.4 Å². The number of rotatable bonds is 5. The lowest BCUT2D eigenvalue weighted by molar-refractivity contribution is -0.166. The molecule has 2 rings (SSSR count). The lowest BCUT2D eigenvalue weighted by Gasteiger charge is -2.16. The predicted octanol–water partition coefficient (Wildman–Crippen LogP) is 1.81. The molecule has 5 heteroatoms. The second-order valence-electron chi connectivity index (χ2n) is 4.93. The lowest BCUT2D eigenvalue weighted by atomic mass is 10.2. The molecule has 1 aliphatic heterocycles. The van der Waals surface area contributed by atoms with Crippen LogP contribution in [0.3, 0.4) is 0 Å². The Kier molecular flexibility index (Phi) is 4.19. The summed E-state index contributed by atoms with van der Waals surface area (Å²) in [6, 6.07) is 9.68. The summed E-state index contributed by atoms with van der Waals surface area (Å²) < 4.78 is 16.4. The molecule has 1 fully saturated rings. The minimum absolute atomic E-state index is 0.190. The maximum atomic E-state index is 11.1. The molecule has 0 aromatic heterocycles. The Hall–Kier alpha value is -1.43. The first-order valence-corrected chi connectivity index (χ1v) is 6.18. The van der Waals surface area contributed by atoms with Crippen LogP contribution in [-0.2, 0) is 25.6 Å². The molecule has 0 saturated carbocycles. The SMILES string of the molecule is CC1(C)O[C@H](COCc2ccccc2)[C@H](C(=O)O)O1. The van der Waals surface area contributed by atoms with Gasteiger partial charge in [0.25, 0.3) is 0 Å². The summed E-state index contributed by atoms with van der Waals surface area (Å²) >= 11 is 0. The van der Waals surface area contributed by atoms with Crippen molar-refractivity contribution in [2.24, 2.45) is 0 Å². The van der Waals surface area contributed by atoms with Crippen LogP contribution in [0.4, 0.5) is 0 Å². The third-order valence-corrected chi connectivity index (χ3v) is 2.82. The highest BCUT2D eigenvalue weighted by Crippen LogP contribution is 2.28. The normalized spacial score (nSPS) is 25.4. The van der Waals surface area contributed by atoms with Crippen LogP contribution in [0.5, 0.6) is 0 Å². The Morgan fingerprint density at radius 1 is 1.32 bits per heavy atom. The number of benzene rings is 1. The van der Waals surface area contributed by atoms with Crippen molar-refractivity contribution in [1.29, 1.82) is 0 Å². The second-order valence-corrected chi connectivity index (χ2v) is 4.93.